The normalized spacial score (nSPS) is 11.7. The first-order valence-electron chi connectivity index (χ1n) is 6.12. The van der Waals surface area contributed by atoms with Crippen LogP contribution in [0.15, 0.2) is 29.3 Å². The average Bonchev–Trinajstić information content (AvgIpc) is 2.29. The van der Waals surface area contributed by atoms with Gasteiger partial charge in [0.05, 0.1) is 0 Å². The molecule has 0 aliphatic rings. The van der Waals surface area contributed by atoms with Crippen LogP contribution in [0, 0.1) is 12.8 Å². The summed E-state index contributed by atoms with van der Waals surface area (Å²) >= 11 is 0. The van der Waals surface area contributed by atoms with Gasteiger partial charge in [0.15, 0.2) is 5.96 Å². The molecule has 0 aliphatic heterocycles. The van der Waals surface area contributed by atoms with E-state index in [1.54, 1.807) is 7.05 Å². The van der Waals surface area contributed by atoms with Crippen molar-refractivity contribution in [1.29, 1.82) is 0 Å². The van der Waals surface area contributed by atoms with E-state index in [4.69, 9.17) is 0 Å². The molecule has 0 aromatic heterocycles. The molecule has 94 valence electrons. The highest BCUT2D eigenvalue weighted by atomic mass is 15.2. The lowest BCUT2D eigenvalue weighted by Crippen LogP contribution is -2.38. The fourth-order valence-electron chi connectivity index (χ4n) is 1.53. The minimum Gasteiger partial charge on any atom is -0.356 e. The van der Waals surface area contributed by atoms with Gasteiger partial charge in [-0.25, -0.2) is 0 Å². The molecule has 0 heterocycles. The van der Waals surface area contributed by atoms with Crippen molar-refractivity contribution in [2.45, 2.75) is 27.3 Å². The molecular weight excluding hydrogens is 210 g/mol. The van der Waals surface area contributed by atoms with E-state index in [0.29, 0.717) is 5.92 Å². The number of hydrogen-bond donors (Lipinski definition) is 2. The zero-order valence-corrected chi connectivity index (χ0v) is 11.2. The third-order valence-electron chi connectivity index (χ3n) is 2.44. The third-order valence-corrected chi connectivity index (χ3v) is 2.44. The fraction of sp³-hybridized carbons (Fsp3) is 0.500. The van der Waals surface area contributed by atoms with E-state index >= 15 is 0 Å². The molecule has 0 saturated heterocycles. The van der Waals surface area contributed by atoms with E-state index in [1.807, 2.05) is 0 Å². The summed E-state index contributed by atoms with van der Waals surface area (Å²) in [6.45, 7) is 8.21. The monoisotopic (exact) mass is 233 g/mol. The van der Waals surface area contributed by atoms with Crippen LogP contribution < -0.4 is 10.6 Å². The molecule has 0 bridgehead atoms. The topological polar surface area (TPSA) is 36.4 Å². The van der Waals surface area contributed by atoms with Crippen molar-refractivity contribution in [3.8, 4) is 0 Å². The van der Waals surface area contributed by atoms with Crippen LogP contribution in [0.2, 0.25) is 0 Å². The molecule has 3 heteroatoms. The number of hydrogen-bond acceptors (Lipinski definition) is 1. The Kier molecular flexibility index (Phi) is 5.53. The maximum absolute atomic E-state index is 4.19. The average molecular weight is 233 g/mol. The molecule has 2 N–H and O–H groups in total. The van der Waals surface area contributed by atoms with E-state index in [0.717, 1.165) is 19.0 Å². The second-order valence-corrected chi connectivity index (χ2v) is 4.69. The maximum Gasteiger partial charge on any atom is 0.191 e. The summed E-state index contributed by atoms with van der Waals surface area (Å²) in [5, 5.41) is 6.60. The van der Waals surface area contributed by atoms with Gasteiger partial charge in [0.25, 0.3) is 0 Å². The molecule has 0 amide bonds. The Bertz CT molecular complexity index is 369. The second-order valence-electron chi connectivity index (χ2n) is 4.69. The van der Waals surface area contributed by atoms with Crippen molar-refractivity contribution >= 4 is 5.96 Å². The summed E-state index contributed by atoms with van der Waals surface area (Å²) in [7, 11) is 1.80. The van der Waals surface area contributed by atoms with Crippen LogP contribution in [-0.4, -0.2) is 19.6 Å². The van der Waals surface area contributed by atoms with E-state index in [1.165, 1.54) is 11.1 Å². The molecular formula is C14H23N3. The van der Waals surface area contributed by atoms with Gasteiger partial charge in [-0.3, -0.25) is 4.99 Å². The quantitative estimate of drug-likeness (QED) is 0.618. The SMILES string of the molecule is CN=C(NCc1cccc(C)c1)NCC(C)C. The van der Waals surface area contributed by atoms with Crippen molar-refractivity contribution in [2.75, 3.05) is 13.6 Å². The summed E-state index contributed by atoms with van der Waals surface area (Å²) in [5.41, 5.74) is 2.56. The summed E-state index contributed by atoms with van der Waals surface area (Å²) in [6, 6.07) is 8.49. The Hall–Kier alpha value is -1.51. The fourth-order valence-corrected chi connectivity index (χ4v) is 1.53. The van der Waals surface area contributed by atoms with Crippen molar-refractivity contribution in [3.05, 3.63) is 35.4 Å². The van der Waals surface area contributed by atoms with Gasteiger partial charge in [0, 0.05) is 20.1 Å². The van der Waals surface area contributed by atoms with Crippen molar-refractivity contribution in [3.63, 3.8) is 0 Å². The van der Waals surface area contributed by atoms with Gasteiger partial charge in [-0.1, -0.05) is 43.7 Å². The van der Waals surface area contributed by atoms with Gasteiger partial charge in [0.2, 0.25) is 0 Å². The molecule has 1 rings (SSSR count). The third kappa shape index (κ3) is 5.38. The van der Waals surface area contributed by atoms with Gasteiger partial charge in [-0.2, -0.15) is 0 Å². The second kappa shape index (κ2) is 6.94. The molecule has 3 nitrogen and oxygen atoms in total. The Morgan fingerprint density at radius 2 is 2.06 bits per heavy atom. The van der Waals surface area contributed by atoms with Gasteiger partial charge >= 0.3 is 0 Å². The Morgan fingerprint density at radius 3 is 2.65 bits per heavy atom. The summed E-state index contributed by atoms with van der Waals surface area (Å²) in [6.07, 6.45) is 0. The van der Waals surface area contributed by atoms with Crippen LogP contribution >= 0.6 is 0 Å². The summed E-state index contributed by atoms with van der Waals surface area (Å²) in [4.78, 5) is 4.19. The molecule has 17 heavy (non-hydrogen) atoms. The van der Waals surface area contributed by atoms with Gasteiger partial charge in [-0.05, 0) is 18.4 Å². The van der Waals surface area contributed by atoms with Crippen molar-refractivity contribution in [2.24, 2.45) is 10.9 Å². The maximum atomic E-state index is 4.19. The summed E-state index contributed by atoms with van der Waals surface area (Å²) in [5.74, 6) is 1.48. The van der Waals surface area contributed by atoms with Gasteiger partial charge in [0.1, 0.15) is 0 Å². The van der Waals surface area contributed by atoms with Crippen LogP contribution in [0.1, 0.15) is 25.0 Å². The highest BCUT2D eigenvalue weighted by Gasteiger charge is 1.99. The number of rotatable bonds is 4. The number of guanidine groups is 1. The smallest absolute Gasteiger partial charge is 0.191 e. The molecule has 0 fully saturated rings. The first-order valence-corrected chi connectivity index (χ1v) is 6.12. The first kappa shape index (κ1) is 13.6. The van der Waals surface area contributed by atoms with Gasteiger partial charge < -0.3 is 10.6 Å². The number of aryl methyl sites for hydroxylation is 1. The molecule has 1 aromatic carbocycles. The van der Waals surface area contributed by atoms with Crippen molar-refractivity contribution in [1.82, 2.24) is 10.6 Å². The lowest BCUT2D eigenvalue weighted by Gasteiger charge is -2.13. The predicted octanol–water partition coefficient (Wildman–Crippen LogP) is 2.32. The zero-order chi connectivity index (χ0) is 12.7. The molecule has 0 spiro atoms. The van der Waals surface area contributed by atoms with E-state index < -0.39 is 0 Å². The molecule has 0 saturated carbocycles. The molecule has 0 unspecified atom stereocenters. The lowest BCUT2D eigenvalue weighted by atomic mass is 10.1. The molecule has 0 radical (unpaired) electrons. The molecule has 0 atom stereocenters. The van der Waals surface area contributed by atoms with Gasteiger partial charge in [-0.15, -0.1) is 0 Å². The highest BCUT2D eigenvalue weighted by Crippen LogP contribution is 2.02. The van der Waals surface area contributed by atoms with Crippen LogP contribution in [0.4, 0.5) is 0 Å². The molecule has 1 aromatic rings. The Morgan fingerprint density at radius 1 is 1.29 bits per heavy atom. The molecule has 0 aliphatic carbocycles. The first-order chi connectivity index (χ1) is 8.11. The standard InChI is InChI=1S/C14H23N3/c1-11(2)9-16-14(15-4)17-10-13-7-5-6-12(3)8-13/h5-8,11H,9-10H2,1-4H3,(H2,15,16,17). The van der Waals surface area contributed by atoms with Crippen LogP contribution in [0.5, 0.6) is 0 Å². The highest BCUT2D eigenvalue weighted by molar-refractivity contribution is 5.79. The summed E-state index contributed by atoms with van der Waals surface area (Å²) < 4.78 is 0. The predicted molar refractivity (Wildman–Crippen MR) is 74.2 cm³/mol. The number of nitrogens with zero attached hydrogens (tertiary/aromatic N) is 1. The minimum atomic E-state index is 0.618. The zero-order valence-electron chi connectivity index (χ0n) is 11.2. The van der Waals surface area contributed by atoms with Crippen LogP contribution in [0.3, 0.4) is 0 Å². The van der Waals surface area contributed by atoms with Crippen molar-refractivity contribution < 1.29 is 0 Å². The minimum absolute atomic E-state index is 0.618. The van der Waals surface area contributed by atoms with Crippen LogP contribution in [0.25, 0.3) is 0 Å². The van der Waals surface area contributed by atoms with Crippen LogP contribution in [-0.2, 0) is 6.54 Å². The largest absolute Gasteiger partial charge is 0.356 e. The van der Waals surface area contributed by atoms with E-state index in [2.05, 4.69) is 60.7 Å². The number of nitrogens with one attached hydrogen (secondary N) is 2. The number of aliphatic imine (C=N–C) groups is 1. The van der Waals surface area contributed by atoms with E-state index in [-0.39, 0.29) is 0 Å². The number of benzene rings is 1. The Balaban J connectivity index is 2.43. The lowest BCUT2D eigenvalue weighted by molar-refractivity contribution is 0.614. The Labute approximate surface area is 104 Å². The van der Waals surface area contributed by atoms with E-state index in [9.17, 15) is 0 Å².